The maximum atomic E-state index is 11.2. The van der Waals surface area contributed by atoms with E-state index in [2.05, 4.69) is 30.7 Å². The topological polar surface area (TPSA) is 33.2 Å². The van der Waals surface area contributed by atoms with Crippen LogP contribution in [0, 0.1) is 5.92 Å². The molecule has 0 saturated carbocycles. The normalized spacial score (nSPS) is 10.7. The van der Waals surface area contributed by atoms with Crippen molar-refractivity contribution in [2.45, 2.75) is 40.5 Å². The van der Waals surface area contributed by atoms with E-state index in [1.54, 1.807) is 6.92 Å². The van der Waals surface area contributed by atoms with Crippen molar-refractivity contribution in [2.75, 3.05) is 18.0 Å². The second-order valence-corrected chi connectivity index (χ2v) is 4.68. The summed E-state index contributed by atoms with van der Waals surface area (Å²) in [6.07, 6.45) is 4.21. The van der Waals surface area contributed by atoms with E-state index in [-0.39, 0.29) is 5.78 Å². The average molecular weight is 248 g/mol. The number of rotatable bonds is 7. The fourth-order valence-corrected chi connectivity index (χ4v) is 2.06. The fraction of sp³-hybridized carbons (Fsp3) is 0.600. The Hall–Kier alpha value is -1.38. The molecule has 3 heteroatoms. The van der Waals surface area contributed by atoms with Gasteiger partial charge in [0, 0.05) is 20.0 Å². The first kappa shape index (κ1) is 14.7. The molecule has 18 heavy (non-hydrogen) atoms. The maximum absolute atomic E-state index is 11.2. The zero-order valence-corrected chi connectivity index (χ0v) is 11.9. The molecule has 1 rings (SSSR count). The molecule has 0 spiro atoms. The van der Waals surface area contributed by atoms with Gasteiger partial charge in [-0.2, -0.15) is 0 Å². The van der Waals surface area contributed by atoms with Crippen molar-refractivity contribution in [3.8, 4) is 0 Å². The van der Waals surface area contributed by atoms with Gasteiger partial charge in [0.25, 0.3) is 0 Å². The lowest BCUT2D eigenvalue weighted by Crippen LogP contribution is -2.29. The Morgan fingerprint density at radius 3 is 2.33 bits per heavy atom. The van der Waals surface area contributed by atoms with Gasteiger partial charge in [0.1, 0.15) is 5.69 Å². The van der Waals surface area contributed by atoms with Crippen molar-refractivity contribution in [1.29, 1.82) is 0 Å². The molecule has 0 amide bonds. The predicted octanol–water partition coefficient (Wildman–Crippen LogP) is 3.55. The highest BCUT2D eigenvalue weighted by atomic mass is 16.1. The molecular formula is C15H24N2O. The Kier molecular flexibility index (Phi) is 5.83. The summed E-state index contributed by atoms with van der Waals surface area (Å²) in [7, 11) is 0. The molecule has 3 nitrogen and oxygen atoms in total. The molecule has 0 fully saturated rings. The van der Waals surface area contributed by atoms with Gasteiger partial charge in [0.15, 0.2) is 5.78 Å². The molecule has 0 aliphatic heterocycles. The van der Waals surface area contributed by atoms with Crippen LogP contribution in [-0.2, 0) is 0 Å². The van der Waals surface area contributed by atoms with Gasteiger partial charge in [-0.05, 0) is 25.0 Å². The molecular weight excluding hydrogens is 224 g/mol. The van der Waals surface area contributed by atoms with E-state index < -0.39 is 0 Å². The highest BCUT2D eigenvalue weighted by Gasteiger charge is 2.11. The van der Waals surface area contributed by atoms with Crippen LogP contribution in [0.25, 0.3) is 0 Å². The Morgan fingerprint density at radius 2 is 1.94 bits per heavy atom. The van der Waals surface area contributed by atoms with Crippen LogP contribution in [0.5, 0.6) is 0 Å². The SMILES string of the molecule is CCC(CC)CN(CC)c1ccc(C(C)=O)nc1. The lowest BCUT2D eigenvalue weighted by atomic mass is 10.0. The van der Waals surface area contributed by atoms with Crippen LogP contribution in [0.3, 0.4) is 0 Å². The molecule has 1 aromatic heterocycles. The molecule has 0 aromatic carbocycles. The van der Waals surface area contributed by atoms with Crippen LogP contribution in [-0.4, -0.2) is 23.9 Å². The summed E-state index contributed by atoms with van der Waals surface area (Å²) in [6.45, 7) is 10.2. The Morgan fingerprint density at radius 1 is 1.28 bits per heavy atom. The standard InChI is InChI=1S/C15H24N2O/c1-5-13(6-2)11-17(7-3)14-8-9-15(12(4)18)16-10-14/h8-10,13H,5-7,11H2,1-4H3. The molecule has 0 N–H and O–H groups in total. The first-order valence-electron chi connectivity index (χ1n) is 6.84. The van der Waals surface area contributed by atoms with Crippen molar-refractivity contribution in [3.63, 3.8) is 0 Å². The van der Waals surface area contributed by atoms with Gasteiger partial charge in [0.05, 0.1) is 11.9 Å². The minimum Gasteiger partial charge on any atom is -0.370 e. The lowest BCUT2D eigenvalue weighted by Gasteiger charge is -2.27. The van der Waals surface area contributed by atoms with Gasteiger partial charge in [-0.15, -0.1) is 0 Å². The van der Waals surface area contributed by atoms with Crippen LogP contribution < -0.4 is 4.90 Å². The highest BCUT2D eigenvalue weighted by Crippen LogP contribution is 2.17. The summed E-state index contributed by atoms with van der Waals surface area (Å²) >= 11 is 0. The van der Waals surface area contributed by atoms with E-state index >= 15 is 0 Å². The monoisotopic (exact) mass is 248 g/mol. The molecule has 0 atom stereocenters. The van der Waals surface area contributed by atoms with Gasteiger partial charge < -0.3 is 4.90 Å². The van der Waals surface area contributed by atoms with Crippen molar-refractivity contribution < 1.29 is 4.79 Å². The molecule has 0 unspecified atom stereocenters. The van der Waals surface area contributed by atoms with E-state index in [1.807, 2.05) is 18.3 Å². The number of Topliss-reactive ketones (excluding diaryl/α,β-unsaturated/α-hetero) is 1. The molecule has 1 aromatic rings. The largest absolute Gasteiger partial charge is 0.370 e. The van der Waals surface area contributed by atoms with Crippen LogP contribution in [0.2, 0.25) is 0 Å². The summed E-state index contributed by atoms with van der Waals surface area (Å²) in [5.74, 6) is 0.738. The Bertz CT molecular complexity index is 369. The third kappa shape index (κ3) is 3.83. The van der Waals surface area contributed by atoms with Crippen molar-refractivity contribution in [2.24, 2.45) is 5.92 Å². The molecule has 1 heterocycles. The van der Waals surface area contributed by atoms with Crippen LogP contribution in [0.1, 0.15) is 51.0 Å². The number of carbonyl (C=O) groups excluding carboxylic acids is 1. The number of aromatic nitrogens is 1. The number of anilines is 1. The lowest BCUT2D eigenvalue weighted by molar-refractivity contribution is 0.101. The van der Waals surface area contributed by atoms with Gasteiger partial charge in [-0.3, -0.25) is 9.78 Å². The summed E-state index contributed by atoms with van der Waals surface area (Å²) < 4.78 is 0. The molecule has 0 aliphatic rings. The van der Waals surface area contributed by atoms with E-state index in [1.165, 1.54) is 12.8 Å². The summed E-state index contributed by atoms with van der Waals surface area (Å²) in [5.41, 5.74) is 1.65. The fourth-order valence-electron chi connectivity index (χ4n) is 2.06. The van der Waals surface area contributed by atoms with E-state index in [0.29, 0.717) is 5.69 Å². The third-order valence-corrected chi connectivity index (χ3v) is 3.49. The quantitative estimate of drug-likeness (QED) is 0.692. The molecule has 0 bridgehead atoms. The van der Waals surface area contributed by atoms with Crippen LogP contribution >= 0.6 is 0 Å². The number of nitrogens with zero attached hydrogens (tertiary/aromatic N) is 2. The van der Waals surface area contributed by atoms with Gasteiger partial charge in [-0.1, -0.05) is 26.7 Å². The maximum Gasteiger partial charge on any atom is 0.178 e. The van der Waals surface area contributed by atoms with E-state index in [9.17, 15) is 4.79 Å². The number of hydrogen-bond acceptors (Lipinski definition) is 3. The minimum atomic E-state index is 0.0181. The summed E-state index contributed by atoms with van der Waals surface area (Å²) in [6, 6.07) is 3.81. The molecule has 0 radical (unpaired) electrons. The van der Waals surface area contributed by atoms with Gasteiger partial charge in [0.2, 0.25) is 0 Å². The summed E-state index contributed by atoms with van der Waals surface area (Å²) in [5, 5.41) is 0. The number of pyridine rings is 1. The third-order valence-electron chi connectivity index (χ3n) is 3.49. The number of hydrogen-bond donors (Lipinski definition) is 0. The van der Waals surface area contributed by atoms with Crippen molar-refractivity contribution >= 4 is 11.5 Å². The Balaban J connectivity index is 2.78. The van der Waals surface area contributed by atoms with Crippen LogP contribution in [0.15, 0.2) is 18.3 Å². The zero-order valence-electron chi connectivity index (χ0n) is 11.9. The van der Waals surface area contributed by atoms with E-state index in [0.717, 1.165) is 24.7 Å². The van der Waals surface area contributed by atoms with Crippen molar-refractivity contribution in [1.82, 2.24) is 4.98 Å². The first-order valence-corrected chi connectivity index (χ1v) is 6.84. The number of ketones is 1. The second-order valence-electron chi connectivity index (χ2n) is 4.68. The number of carbonyl (C=O) groups is 1. The minimum absolute atomic E-state index is 0.0181. The van der Waals surface area contributed by atoms with Gasteiger partial charge in [-0.25, -0.2) is 0 Å². The van der Waals surface area contributed by atoms with Crippen LogP contribution in [0.4, 0.5) is 5.69 Å². The average Bonchev–Trinajstić information content (AvgIpc) is 2.40. The molecule has 0 aliphatic carbocycles. The molecule has 100 valence electrons. The zero-order chi connectivity index (χ0) is 13.5. The van der Waals surface area contributed by atoms with Gasteiger partial charge >= 0.3 is 0 Å². The highest BCUT2D eigenvalue weighted by molar-refractivity contribution is 5.92. The molecule has 0 saturated heterocycles. The predicted molar refractivity (Wildman–Crippen MR) is 76.2 cm³/mol. The van der Waals surface area contributed by atoms with Crippen molar-refractivity contribution in [3.05, 3.63) is 24.0 Å². The smallest absolute Gasteiger partial charge is 0.178 e. The summed E-state index contributed by atoms with van der Waals surface area (Å²) in [4.78, 5) is 17.7. The Labute approximate surface area is 110 Å². The second kappa shape index (κ2) is 7.14. The van der Waals surface area contributed by atoms with E-state index in [4.69, 9.17) is 0 Å². The first-order chi connectivity index (χ1) is 8.62.